The Balaban J connectivity index is 3.45. The van der Waals surface area contributed by atoms with Crippen LogP contribution in [-0.2, 0) is 9.53 Å². The van der Waals surface area contributed by atoms with Gasteiger partial charge in [-0.3, -0.25) is 4.79 Å². The summed E-state index contributed by atoms with van der Waals surface area (Å²) in [5, 5.41) is 8.19. The van der Waals surface area contributed by atoms with E-state index in [0.29, 0.717) is 6.42 Å². The molecule has 0 aliphatic rings. The second kappa shape index (κ2) is 7.92. The van der Waals surface area contributed by atoms with E-state index >= 15 is 0 Å². The van der Waals surface area contributed by atoms with Gasteiger partial charge in [0.05, 0.1) is 22.2 Å². The monoisotopic (exact) mass is 343 g/mol. The number of nitriles is 1. The molecule has 1 aromatic carbocycles. The highest BCUT2D eigenvalue weighted by molar-refractivity contribution is 6.40. The van der Waals surface area contributed by atoms with Crippen molar-refractivity contribution in [2.75, 3.05) is 6.61 Å². The Hall–Kier alpha value is -1.90. The first-order chi connectivity index (χ1) is 10.4. The van der Waals surface area contributed by atoms with Crippen LogP contribution in [-0.4, -0.2) is 18.4 Å². The van der Waals surface area contributed by atoms with Crippen molar-refractivity contribution in [3.8, 4) is 6.07 Å². The molecule has 0 radical (unpaired) electrons. The average Bonchev–Trinajstić information content (AvgIpc) is 2.48. The van der Waals surface area contributed by atoms with Gasteiger partial charge in [0.1, 0.15) is 17.5 Å². The Morgan fingerprint density at radius 2 is 2.00 bits per heavy atom. The van der Waals surface area contributed by atoms with E-state index in [-0.39, 0.29) is 28.3 Å². The van der Waals surface area contributed by atoms with E-state index in [2.05, 4.69) is 0 Å². The van der Waals surface area contributed by atoms with Crippen LogP contribution in [0.25, 0.3) is 0 Å². The van der Waals surface area contributed by atoms with Crippen molar-refractivity contribution in [2.45, 2.75) is 20.3 Å². The van der Waals surface area contributed by atoms with Gasteiger partial charge in [0.2, 0.25) is 5.78 Å². The molecule has 0 fully saturated rings. The van der Waals surface area contributed by atoms with E-state index in [1.54, 1.807) is 19.9 Å². The second-order valence-electron chi connectivity index (χ2n) is 4.10. The molecule has 1 aromatic rings. The topological polar surface area (TPSA) is 67.2 Å². The largest absolute Gasteiger partial charge is 0.462 e. The van der Waals surface area contributed by atoms with Gasteiger partial charge in [-0.15, -0.1) is 0 Å². The van der Waals surface area contributed by atoms with E-state index in [1.165, 1.54) is 6.08 Å². The molecule has 1 rings (SSSR count). The summed E-state index contributed by atoms with van der Waals surface area (Å²) < 4.78 is 18.5. The number of carbonyl (C=O) groups excluding carboxylic acids is 2. The highest BCUT2D eigenvalue weighted by atomic mass is 35.5. The second-order valence-corrected chi connectivity index (χ2v) is 4.85. The average molecular weight is 344 g/mol. The number of hydrogen-bond acceptors (Lipinski definition) is 4. The third-order valence-electron chi connectivity index (χ3n) is 2.66. The standard InChI is InChI=1S/C15H12Cl2FNO3/c1-3-5-8(15(21)22-4-2)14(20)9-6-11(18)13(17)10(7-19)12(9)16/h5-6H,3-4H2,1-2H3. The SMILES string of the molecule is CCC=C(C(=O)OCC)C(=O)c1cc(F)c(Cl)c(C#N)c1Cl. The number of allylic oxidation sites excluding steroid dienone is 1. The van der Waals surface area contributed by atoms with Gasteiger partial charge < -0.3 is 4.74 Å². The van der Waals surface area contributed by atoms with Crippen LogP contribution < -0.4 is 0 Å². The van der Waals surface area contributed by atoms with Crippen LogP contribution in [0.2, 0.25) is 10.0 Å². The lowest BCUT2D eigenvalue weighted by Gasteiger charge is -2.10. The summed E-state index contributed by atoms with van der Waals surface area (Å²) in [6.07, 6.45) is 1.74. The van der Waals surface area contributed by atoms with Gasteiger partial charge in [-0.05, 0) is 19.4 Å². The minimum Gasteiger partial charge on any atom is -0.462 e. The van der Waals surface area contributed by atoms with Gasteiger partial charge in [-0.2, -0.15) is 5.26 Å². The quantitative estimate of drug-likeness (QED) is 0.202. The molecule has 22 heavy (non-hydrogen) atoms. The zero-order valence-corrected chi connectivity index (χ0v) is 13.4. The number of rotatable bonds is 5. The fourth-order valence-electron chi connectivity index (χ4n) is 1.69. The molecule has 0 unspecified atom stereocenters. The number of ketones is 1. The molecule has 4 nitrogen and oxygen atoms in total. The number of halogens is 3. The fourth-order valence-corrected chi connectivity index (χ4v) is 2.21. The number of Topliss-reactive ketones (excluding diaryl/α,β-unsaturated/α-hetero) is 1. The minimum absolute atomic E-state index is 0.0827. The molecule has 0 saturated carbocycles. The van der Waals surface area contributed by atoms with Crippen molar-refractivity contribution in [1.82, 2.24) is 0 Å². The van der Waals surface area contributed by atoms with Crippen LogP contribution in [0.1, 0.15) is 36.2 Å². The predicted octanol–water partition coefficient (Wildman–Crippen LogP) is 4.09. The lowest BCUT2D eigenvalue weighted by atomic mass is 10.00. The summed E-state index contributed by atoms with van der Waals surface area (Å²) >= 11 is 11.6. The van der Waals surface area contributed by atoms with Crippen molar-refractivity contribution in [1.29, 1.82) is 5.26 Å². The van der Waals surface area contributed by atoms with Crippen molar-refractivity contribution in [3.63, 3.8) is 0 Å². The molecule has 0 heterocycles. The molecule has 0 bridgehead atoms. The molecule has 0 atom stereocenters. The Morgan fingerprint density at radius 3 is 2.50 bits per heavy atom. The maximum absolute atomic E-state index is 13.7. The molecule has 0 N–H and O–H groups in total. The van der Waals surface area contributed by atoms with Gasteiger partial charge in [0, 0.05) is 5.56 Å². The maximum Gasteiger partial charge on any atom is 0.341 e. The summed E-state index contributed by atoms with van der Waals surface area (Å²) in [7, 11) is 0. The molecule has 0 spiro atoms. The number of nitrogens with zero attached hydrogens (tertiary/aromatic N) is 1. The number of hydrogen-bond donors (Lipinski definition) is 0. The van der Waals surface area contributed by atoms with Gasteiger partial charge >= 0.3 is 5.97 Å². The fraction of sp³-hybridized carbons (Fsp3) is 0.267. The molecule has 116 valence electrons. The third-order valence-corrected chi connectivity index (χ3v) is 3.42. The van der Waals surface area contributed by atoms with Crippen LogP contribution in [0.3, 0.4) is 0 Å². The molecule has 0 aromatic heterocycles. The first-order valence-corrected chi connectivity index (χ1v) is 7.14. The first kappa shape index (κ1) is 18.1. The number of carbonyl (C=O) groups is 2. The Morgan fingerprint density at radius 1 is 1.36 bits per heavy atom. The predicted molar refractivity (Wildman–Crippen MR) is 80.5 cm³/mol. The van der Waals surface area contributed by atoms with E-state index in [4.69, 9.17) is 33.2 Å². The van der Waals surface area contributed by atoms with Gasteiger partial charge in [-0.25, -0.2) is 9.18 Å². The van der Waals surface area contributed by atoms with E-state index < -0.39 is 22.6 Å². The van der Waals surface area contributed by atoms with Gasteiger partial charge in [0.15, 0.2) is 0 Å². The molecule has 0 aliphatic carbocycles. The Labute approximate surface area is 137 Å². The molecule has 0 aliphatic heterocycles. The first-order valence-electron chi connectivity index (χ1n) is 6.38. The van der Waals surface area contributed by atoms with Crippen LogP contribution >= 0.6 is 23.2 Å². The van der Waals surface area contributed by atoms with Crippen molar-refractivity contribution in [3.05, 3.63) is 44.7 Å². The zero-order valence-electron chi connectivity index (χ0n) is 11.9. The number of esters is 1. The summed E-state index contributed by atoms with van der Waals surface area (Å²) in [4.78, 5) is 24.3. The zero-order chi connectivity index (χ0) is 16.9. The molecular weight excluding hydrogens is 332 g/mol. The summed E-state index contributed by atoms with van der Waals surface area (Å²) in [6.45, 7) is 3.39. The summed E-state index contributed by atoms with van der Waals surface area (Å²) in [6, 6.07) is 2.44. The van der Waals surface area contributed by atoms with Crippen LogP contribution in [0.15, 0.2) is 17.7 Å². The van der Waals surface area contributed by atoms with Crippen molar-refractivity contribution < 1.29 is 18.7 Å². The summed E-state index contributed by atoms with van der Waals surface area (Å²) in [5.74, 6) is -2.62. The number of benzene rings is 1. The van der Waals surface area contributed by atoms with E-state index in [9.17, 15) is 14.0 Å². The molecule has 0 amide bonds. The van der Waals surface area contributed by atoms with Gasteiger partial charge in [-0.1, -0.05) is 36.2 Å². The summed E-state index contributed by atoms with van der Waals surface area (Å²) in [5.41, 5.74) is -0.934. The number of ether oxygens (including phenoxy) is 1. The van der Waals surface area contributed by atoms with Crippen LogP contribution in [0.5, 0.6) is 0 Å². The van der Waals surface area contributed by atoms with Crippen LogP contribution in [0.4, 0.5) is 4.39 Å². The van der Waals surface area contributed by atoms with E-state index in [0.717, 1.165) is 6.07 Å². The smallest absolute Gasteiger partial charge is 0.341 e. The maximum atomic E-state index is 13.7. The third kappa shape index (κ3) is 3.65. The van der Waals surface area contributed by atoms with Gasteiger partial charge in [0.25, 0.3) is 0 Å². The lowest BCUT2D eigenvalue weighted by Crippen LogP contribution is -2.17. The van der Waals surface area contributed by atoms with E-state index in [1.807, 2.05) is 0 Å². The highest BCUT2D eigenvalue weighted by Crippen LogP contribution is 2.31. The van der Waals surface area contributed by atoms with Crippen LogP contribution in [0, 0.1) is 17.1 Å². The minimum atomic E-state index is -0.967. The molecule has 7 heteroatoms. The Bertz CT molecular complexity index is 693. The van der Waals surface area contributed by atoms with Crippen molar-refractivity contribution in [2.24, 2.45) is 0 Å². The molecule has 0 saturated heterocycles. The Kier molecular flexibility index (Phi) is 6.54. The highest BCUT2D eigenvalue weighted by Gasteiger charge is 2.26. The van der Waals surface area contributed by atoms with Crippen molar-refractivity contribution >= 4 is 35.0 Å². The molecular formula is C15H12Cl2FNO3. The lowest BCUT2D eigenvalue weighted by molar-refractivity contribution is -0.138. The normalized spacial score (nSPS) is 11.0.